The van der Waals surface area contributed by atoms with Crippen LogP contribution in [0.2, 0.25) is 0 Å². The monoisotopic (exact) mass is 588 g/mol. The summed E-state index contributed by atoms with van der Waals surface area (Å²) in [6.45, 7) is 17.9. The summed E-state index contributed by atoms with van der Waals surface area (Å²) in [4.78, 5) is 22.7. The van der Waals surface area contributed by atoms with E-state index in [1.807, 2.05) is 12.3 Å². The number of aromatic nitrogens is 2. The Kier molecular flexibility index (Phi) is 7.32. The van der Waals surface area contributed by atoms with E-state index in [-0.39, 0.29) is 38.6 Å². The van der Waals surface area contributed by atoms with Crippen LogP contribution in [0.15, 0.2) is 47.6 Å². The topological polar surface area (TPSA) is 115 Å². The van der Waals surface area contributed by atoms with Gasteiger partial charge < -0.3 is 5.73 Å². The van der Waals surface area contributed by atoms with Gasteiger partial charge >= 0.3 is 0 Å². The second-order valence-electron chi connectivity index (χ2n) is 14.6. The number of nitrogens with zero attached hydrogens (tertiary/aromatic N) is 2. The standard InChI is InChI=1S/C34H44N4O3S/c1-20-14-27(34(7,8)18-20)30-24(31(39)38-42(40,41)29-11-9-10-28(35)37-29)16-22(19-36-30)23-17-26-25(15-21(23)2)32(3,4)12-13-33(26,5)6/h9-11,15-17,19-20,27H,12-14,18H2,1-8H3,(H2,35,37)(H,38,39). The van der Waals surface area contributed by atoms with Crippen LogP contribution in [0.3, 0.4) is 0 Å². The molecule has 0 saturated heterocycles. The lowest BCUT2D eigenvalue weighted by atomic mass is 9.62. The molecular weight excluding hydrogens is 544 g/mol. The summed E-state index contributed by atoms with van der Waals surface area (Å²) in [7, 11) is -4.25. The van der Waals surface area contributed by atoms with Gasteiger partial charge in [0, 0.05) is 17.7 Å². The molecular formula is C34H44N4O3S. The summed E-state index contributed by atoms with van der Waals surface area (Å²) >= 11 is 0. The third-order valence-electron chi connectivity index (χ3n) is 9.71. The van der Waals surface area contributed by atoms with Crippen LogP contribution in [-0.4, -0.2) is 24.3 Å². The van der Waals surface area contributed by atoms with Crippen molar-refractivity contribution < 1.29 is 13.2 Å². The fourth-order valence-electron chi connectivity index (χ4n) is 7.25. The molecule has 8 heteroatoms. The number of benzene rings is 1. The van der Waals surface area contributed by atoms with E-state index < -0.39 is 15.9 Å². The average Bonchev–Trinajstić information content (AvgIpc) is 3.17. The van der Waals surface area contributed by atoms with Crippen LogP contribution in [0.5, 0.6) is 0 Å². The number of pyridine rings is 2. The molecule has 2 aliphatic rings. The number of nitrogens with two attached hydrogens (primary N) is 1. The highest BCUT2D eigenvalue weighted by Crippen LogP contribution is 2.52. The second kappa shape index (κ2) is 10.2. The van der Waals surface area contributed by atoms with Gasteiger partial charge in [0.25, 0.3) is 15.9 Å². The van der Waals surface area contributed by atoms with Gasteiger partial charge in [-0.05, 0) is 101 Å². The maximum Gasteiger partial charge on any atom is 0.281 e. The summed E-state index contributed by atoms with van der Waals surface area (Å²) in [6.07, 6.45) is 5.95. The Balaban J connectivity index is 1.64. The number of hydrogen-bond donors (Lipinski definition) is 2. The van der Waals surface area contributed by atoms with E-state index >= 15 is 0 Å². The lowest BCUT2D eigenvalue weighted by Gasteiger charge is -2.42. The molecule has 2 aliphatic carbocycles. The van der Waals surface area contributed by atoms with Gasteiger partial charge in [0.2, 0.25) is 0 Å². The van der Waals surface area contributed by atoms with Gasteiger partial charge in [-0.25, -0.2) is 9.71 Å². The minimum absolute atomic E-state index is 0.0138. The first-order chi connectivity index (χ1) is 19.4. The third kappa shape index (κ3) is 5.46. The Bertz CT molecular complexity index is 1670. The summed E-state index contributed by atoms with van der Waals surface area (Å²) in [6, 6.07) is 10.7. The van der Waals surface area contributed by atoms with Gasteiger partial charge in [0.15, 0.2) is 5.03 Å². The molecule has 2 atom stereocenters. The van der Waals surface area contributed by atoms with Gasteiger partial charge in [-0.1, -0.05) is 60.6 Å². The largest absolute Gasteiger partial charge is 0.384 e. The molecule has 0 spiro atoms. The Morgan fingerprint density at radius 2 is 1.64 bits per heavy atom. The molecule has 0 radical (unpaired) electrons. The Morgan fingerprint density at radius 1 is 1.00 bits per heavy atom. The van der Waals surface area contributed by atoms with Crippen LogP contribution in [-0.2, 0) is 20.9 Å². The number of rotatable bonds is 5. The first kappa shape index (κ1) is 30.2. The van der Waals surface area contributed by atoms with Gasteiger partial charge in [-0.2, -0.15) is 8.42 Å². The zero-order chi connectivity index (χ0) is 30.8. The van der Waals surface area contributed by atoms with Crippen molar-refractivity contribution in [2.24, 2.45) is 11.3 Å². The zero-order valence-electron chi connectivity index (χ0n) is 26.1. The molecule has 3 aromatic rings. The number of sulfonamides is 1. The quantitative estimate of drug-likeness (QED) is 0.330. The molecule has 0 bridgehead atoms. The van der Waals surface area contributed by atoms with Gasteiger partial charge in [-0.3, -0.25) is 9.78 Å². The average molecular weight is 589 g/mol. The highest BCUT2D eigenvalue weighted by atomic mass is 32.2. The first-order valence-corrected chi connectivity index (χ1v) is 16.4. The SMILES string of the molecule is Cc1cc2c(cc1-c1cnc(C3CC(C)CC3(C)C)c(C(=O)NS(=O)(=O)c3cccc(N)n3)c1)C(C)(C)CCC2(C)C. The number of amides is 1. The van der Waals surface area contributed by atoms with E-state index in [4.69, 9.17) is 10.7 Å². The molecule has 7 nitrogen and oxygen atoms in total. The molecule has 42 heavy (non-hydrogen) atoms. The molecule has 2 heterocycles. The molecule has 2 unspecified atom stereocenters. The number of carbonyl (C=O) groups is 1. The Labute approximate surface area is 250 Å². The number of carbonyl (C=O) groups excluding carboxylic acids is 1. The van der Waals surface area contributed by atoms with Crippen molar-refractivity contribution >= 4 is 21.7 Å². The molecule has 224 valence electrons. The lowest BCUT2D eigenvalue weighted by molar-refractivity contribution is 0.0978. The molecule has 5 rings (SSSR count). The van der Waals surface area contributed by atoms with Crippen LogP contribution < -0.4 is 10.5 Å². The van der Waals surface area contributed by atoms with Crippen molar-refractivity contribution in [1.82, 2.24) is 14.7 Å². The summed E-state index contributed by atoms with van der Waals surface area (Å²) in [5.41, 5.74) is 12.2. The molecule has 1 aromatic carbocycles. The van der Waals surface area contributed by atoms with Crippen molar-refractivity contribution in [2.45, 2.75) is 103 Å². The number of anilines is 1. The van der Waals surface area contributed by atoms with Crippen molar-refractivity contribution in [3.8, 4) is 11.1 Å². The van der Waals surface area contributed by atoms with Crippen LogP contribution in [0.1, 0.15) is 113 Å². The molecule has 1 amide bonds. The van der Waals surface area contributed by atoms with Crippen molar-refractivity contribution in [3.63, 3.8) is 0 Å². The molecule has 3 N–H and O–H groups in total. The van der Waals surface area contributed by atoms with Crippen LogP contribution in [0, 0.1) is 18.3 Å². The van der Waals surface area contributed by atoms with E-state index in [0.717, 1.165) is 42.4 Å². The van der Waals surface area contributed by atoms with E-state index in [1.54, 1.807) is 0 Å². The van der Waals surface area contributed by atoms with E-state index in [1.165, 1.54) is 29.3 Å². The summed E-state index contributed by atoms with van der Waals surface area (Å²) in [5.74, 6) is -0.169. The Morgan fingerprint density at radius 3 is 2.24 bits per heavy atom. The van der Waals surface area contributed by atoms with Gasteiger partial charge in [0.05, 0.1) is 11.3 Å². The van der Waals surface area contributed by atoms with E-state index in [9.17, 15) is 13.2 Å². The second-order valence-corrected chi connectivity index (χ2v) is 16.2. The number of hydrogen-bond acceptors (Lipinski definition) is 6. The normalized spacial score (nSPS) is 22.4. The predicted molar refractivity (Wildman–Crippen MR) is 168 cm³/mol. The van der Waals surface area contributed by atoms with Crippen LogP contribution in [0.25, 0.3) is 11.1 Å². The molecule has 2 aromatic heterocycles. The van der Waals surface area contributed by atoms with Crippen molar-refractivity contribution in [1.29, 1.82) is 0 Å². The molecule has 0 aliphatic heterocycles. The minimum Gasteiger partial charge on any atom is -0.384 e. The van der Waals surface area contributed by atoms with Crippen molar-refractivity contribution in [2.75, 3.05) is 5.73 Å². The summed E-state index contributed by atoms with van der Waals surface area (Å²) < 4.78 is 28.7. The van der Waals surface area contributed by atoms with Gasteiger partial charge in [0.1, 0.15) is 5.82 Å². The van der Waals surface area contributed by atoms with Crippen LogP contribution in [0.4, 0.5) is 5.82 Å². The maximum absolute atomic E-state index is 13.9. The van der Waals surface area contributed by atoms with E-state index in [0.29, 0.717) is 11.6 Å². The fraction of sp³-hybridized carbons (Fsp3) is 0.500. The highest BCUT2D eigenvalue weighted by Gasteiger charge is 2.42. The first-order valence-electron chi connectivity index (χ1n) is 14.9. The van der Waals surface area contributed by atoms with Gasteiger partial charge in [-0.15, -0.1) is 0 Å². The van der Waals surface area contributed by atoms with Crippen molar-refractivity contribution in [3.05, 3.63) is 70.5 Å². The van der Waals surface area contributed by atoms with Crippen LogP contribution >= 0.6 is 0 Å². The minimum atomic E-state index is -4.25. The van der Waals surface area contributed by atoms with E-state index in [2.05, 4.69) is 77.2 Å². The Hall–Kier alpha value is -3.26. The highest BCUT2D eigenvalue weighted by molar-refractivity contribution is 7.90. The number of nitrogen functional groups attached to an aromatic ring is 1. The molecule has 1 saturated carbocycles. The number of aryl methyl sites for hydroxylation is 1. The zero-order valence-corrected chi connectivity index (χ0v) is 26.9. The number of nitrogens with one attached hydrogen (secondary N) is 1. The maximum atomic E-state index is 13.9. The fourth-order valence-corrected chi connectivity index (χ4v) is 8.19. The smallest absolute Gasteiger partial charge is 0.281 e. The summed E-state index contributed by atoms with van der Waals surface area (Å²) in [5, 5.41) is -0.299. The lowest BCUT2D eigenvalue weighted by Crippen LogP contribution is -2.34. The predicted octanol–water partition coefficient (Wildman–Crippen LogP) is 7.04. The molecule has 1 fully saturated rings. The third-order valence-corrected chi connectivity index (χ3v) is 10.9. The number of fused-ring (bicyclic) bond motifs is 1.